The molecule has 0 unspecified atom stereocenters. The van der Waals surface area contributed by atoms with Gasteiger partial charge in [0.25, 0.3) is 0 Å². The zero-order chi connectivity index (χ0) is 13.9. The predicted molar refractivity (Wildman–Crippen MR) is 73.4 cm³/mol. The van der Waals surface area contributed by atoms with Crippen molar-refractivity contribution < 1.29 is 8.78 Å². The molecule has 3 rings (SSSR count). The highest BCUT2D eigenvalue weighted by atomic mass is 19.1. The van der Waals surface area contributed by atoms with Gasteiger partial charge in [0.05, 0.1) is 0 Å². The molecule has 1 aliphatic rings. The summed E-state index contributed by atoms with van der Waals surface area (Å²) in [5.41, 5.74) is 0.311. The van der Waals surface area contributed by atoms with Crippen molar-refractivity contribution in [1.82, 2.24) is 9.55 Å². The average Bonchev–Trinajstić information content (AvgIpc) is 3.09. The highest BCUT2D eigenvalue weighted by Gasteiger charge is 2.19. The van der Waals surface area contributed by atoms with Gasteiger partial charge in [0.1, 0.15) is 11.6 Å². The molecule has 0 spiro atoms. The molecule has 0 bridgehead atoms. The lowest BCUT2D eigenvalue weighted by atomic mass is 10.2. The topological polar surface area (TPSA) is 29.9 Å². The van der Waals surface area contributed by atoms with Gasteiger partial charge in [0, 0.05) is 30.5 Å². The molecule has 0 aliphatic heterocycles. The van der Waals surface area contributed by atoms with Crippen molar-refractivity contribution in [2.75, 3.05) is 5.32 Å². The van der Waals surface area contributed by atoms with E-state index in [9.17, 15) is 8.78 Å². The van der Waals surface area contributed by atoms with E-state index < -0.39 is 11.6 Å². The van der Waals surface area contributed by atoms with Crippen LogP contribution in [0.3, 0.4) is 0 Å². The molecule has 0 amide bonds. The molecular weight excluding hydrogens is 260 g/mol. The fourth-order valence-corrected chi connectivity index (χ4v) is 2.78. The lowest BCUT2D eigenvalue weighted by Crippen LogP contribution is -2.11. The predicted octanol–water partition coefficient (Wildman–Crippen LogP) is 3.89. The highest BCUT2D eigenvalue weighted by Crippen LogP contribution is 2.31. The molecule has 0 atom stereocenters. The van der Waals surface area contributed by atoms with E-state index in [0.29, 0.717) is 11.6 Å². The highest BCUT2D eigenvalue weighted by molar-refractivity contribution is 5.30. The van der Waals surface area contributed by atoms with E-state index in [-0.39, 0.29) is 6.54 Å². The van der Waals surface area contributed by atoms with Crippen LogP contribution in [0.15, 0.2) is 30.6 Å². The minimum Gasteiger partial charge on any atom is -0.351 e. The fourth-order valence-electron chi connectivity index (χ4n) is 2.78. The summed E-state index contributed by atoms with van der Waals surface area (Å²) < 4.78 is 28.8. The van der Waals surface area contributed by atoms with Gasteiger partial charge in [-0.15, -0.1) is 0 Å². The number of rotatable bonds is 4. The number of aromatic nitrogens is 2. The number of benzene rings is 1. The molecular formula is C15H17F2N3. The van der Waals surface area contributed by atoms with Crippen LogP contribution in [0.25, 0.3) is 0 Å². The Balaban J connectivity index is 1.72. The first-order chi connectivity index (χ1) is 9.74. The zero-order valence-electron chi connectivity index (χ0n) is 11.1. The number of anilines is 1. The normalized spacial score (nSPS) is 15.7. The number of hydrogen-bond acceptors (Lipinski definition) is 2. The Hall–Kier alpha value is -1.91. The van der Waals surface area contributed by atoms with Gasteiger partial charge in [0.2, 0.25) is 5.95 Å². The van der Waals surface area contributed by atoms with E-state index in [1.165, 1.54) is 18.9 Å². The molecule has 0 saturated heterocycles. The third kappa shape index (κ3) is 2.66. The van der Waals surface area contributed by atoms with Crippen LogP contribution in [0.1, 0.15) is 37.3 Å². The summed E-state index contributed by atoms with van der Waals surface area (Å²) in [6, 6.07) is 3.96. The second kappa shape index (κ2) is 5.61. The Labute approximate surface area is 116 Å². The molecule has 20 heavy (non-hydrogen) atoms. The minimum absolute atomic E-state index is 0.229. The molecule has 0 radical (unpaired) electrons. The van der Waals surface area contributed by atoms with Crippen LogP contribution in [0, 0.1) is 11.6 Å². The standard InChI is InChI=1S/C15H17F2N3/c16-12-5-6-14(17)11(9-12)10-19-15-18-7-8-20(15)13-3-1-2-4-13/h5-9,13H,1-4,10H2,(H,18,19). The molecule has 1 saturated carbocycles. The minimum atomic E-state index is -0.428. The van der Waals surface area contributed by atoms with Gasteiger partial charge in [-0.05, 0) is 31.0 Å². The van der Waals surface area contributed by atoms with Gasteiger partial charge < -0.3 is 9.88 Å². The molecule has 1 aromatic heterocycles. The number of nitrogens with zero attached hydrogens (tertiary/aromatic N) is 2. The van der Waals surface area contributed by atoms with E-state index in [4.69, 9.17) is 0 Å². The maximum absolute atomic E-state index is 13.6. The van der Waals surface area contributed by atoms with Crippen LogP contribution in [-0.2, 0) is 6.54 Å². The van der Waals surface area contributed by atoms with Crippen LogP contribution in [-0.4, -0.2) is 9.55 Å². The third-order valence-corrected chi connectivity index (χ3v) is 3.83. The Bertz CT molecular complexity index is 589. The smallest absolute Gasteiger partial charge is 0.203 e. The van der Waals surface area contributed by atoms with Crippen LogP contribution in [0.2, 0.25) is 0 Å². The van der Waals surface area contributed by atoms with Crippen LogP contribution in [0.5, 0.6) is 0 Å². The Morgan fingerprint density at radius 2 is 2.05 bits per heavy atom. The first kappa shape index (κ1) is 13.1. The van der Waals surface area contributed by atoms with Crippen LogP contribution >= 0.6 is 0 Å². The Morgan fingerprint density at radius 1 is 1.25 bits per heavy atom. The van der Waals surface area contributed by atoms with Crippen molar-refractivity contribution in [3.63, 3.8) is 0 Å². The summed E-state index contributed by atoms with van der Waals surface area (Å²) in [5.74, 6) is -0.110. The van der Waals surface area contributed by atoms with Crippen molar-refractivity contribution in [2.45, 2.75) is 38.3 Å². The summed E-state index contributed by atoms with van der Waals surface area (Å²) >= 11 is 0. The lowest BCUT2D eigenvalue weighted by Gasteiger charge is -2.15. The van der Waals surface area contributed by atoms with Gasteiger partial charge in [-0.25, -0.2) is 13.8 Å². The van der Waals surface area contributed by atoms with Crippen LogP contribution in [0.4, 0.5) is 14.7 Å². The molecule has 1 heterocycles. The number of halogens is 2. The Morgan fingerprint density at radius 3 is 2.85 bits per heavy atom. The average molecular weight is 277 g/mol. The summed E-state index contributed by atoms with van der Waals surface area (Å²) in [7, 11) is 0. The van der Waals surface area contributed by atoms with E-state index >= 15 is 0 Å². The second-order valence-corrected chi connectivity index (χ2v) is 5.19. The van der Waals surface area contributed by atoms with E-state index in [1.54, 1.807) is 6.20 Å². The quantitative estimate of drug-likeness (QED) is 0.919. The van der Waals surface area contributed by atoms with Gasteiger partial charge >= 0.3 is 0 Å². The monoisotopic (exact) mass is 277 g/mol. The fraction of sp³-hybridized carbons (Fsp3) is 0.400. The van der Waals surface area contributed by atoms with E-state index in [0.717, 1.165) is 30.9 Å². The van der Waals surface area contributed by atoms with Gasteiger partial charge in [-0.3, -0.25) is 0 Å². The van der Waals surface area contributed by atoms with E-state index in [1.807, 2.05) is 6.20 Å². The molecule has 1 aromatic carbocycles. The largest absolute Gasteiger partial charge is 0.351 e. The Kier molecular flexibility index (Phi) is 3.67. The van der Waals surface area contributed by atoms with Gasteiger partial charge in [-0.2, -0.15) is 0 Å². The second-order valence-electron chi connectivity index (χ2n) is 5.19. The molecule has 5 heteroatoms. The van der Waals surface area contributed by atoms with Crippen molar-refractivity contribution in [3.05, 3.63) is 47.8 Å². The van der Waals surface area contributed by atoms with Crippen molar-refractivity contribution in [3.8, 4) is 0 Å². The molecule has 1 N–H and O–H groups in total. The number of nitrogens with one attached hydrogen (secondary N) is 1. The molecule has 2 aromatic rings. The maximum atomic E-state index is 13.6. The third-order valence-electron chi connectivity index (χ3n) is 3.83. The number of imidazole rings is 1. The van der Waals surface area contributed by atoms with Crippen molar-refractivity contribution in [2.24, 2.45) is 0 Å². The SMILES string of the molecule is Fc1ccc(F)c(CNc2nccn2C2CCCC2)c1. The van der Waals surface area contributed by atoms with Crippen LogP contribution < -0.4 is 5.32 Å². The molecule has 1 fully saturated rings. The first-order valence-electron chi connectivity index (χ1n) is 6.94. The van der Waals surface area contributed by atoms with Gasteiger partial charge in [0.15, 0.2) is 0 Å². The maximum Gasteiger partial charge on any atom is 0.203 e. The first-order valence-corrected chi connectivity index (χ1v) is 6.94. The van der Waals surface area contributed by atoms with Crippen molar-refractivity contribution >= 4 is 5.95 Å². The summed E-state index contributed by atoms with van der Waals surface area (Å²) in [6.45, 7) is 0.229. The summed E-state index contributed by atoms with van der Waals surface area (Å²) in [6.07, 6.45) is 8.46. The van der Waals surface area contributed by atoms with E-state index in [2.05, 4.69) is 14.9 Å². The van der Waals surface area contributed by atoms with Gasteiger partial charge in [-0.1, -0.05) is 12.8 Å². The summed E-state index contributed by atoms with van der Waals surface area (Å²) in [5, 5.41) is 3.10. The summed E-state index contributed by atoms with van der Waals surface area (Å²) in [4.78, 5) is 4.26. The number of hydrogen-bond donors (Lipinski definition) is 1. The van der Waals surface area contributed by atoms with Crippen molar-refractivity contribution in [1.29, 1.82) is 0 Å². The lowest BCUT2D eigenvalue weighted by molar-refractivity contribution is 0.522. The zero-order valence-corrected chi connectivity index (χ0v) is 11.1. The molecule has 3 nitrogen and oxygen atoms in total. The molecule has 1 aliphatic carbocycles. The molecule has 106 valence electrons.